The molecule has 76 valence electrons. The number of piperidine rings is 1. The van der Waals surface area contributed by atoms with E-state index in [-0.39, 0.29) is 0 Å². The van der Waals surface area contributed by atoms with Gasteiger partial charge in [-0.05, 0) is 38.1 Å². The van der Waals surface area contributed by atoms with E-state index in [0.29, 0.717) is 0 Å². The first-order chi connectivity index (χ1) is 6.36. The van der Waals surface area contributed by atoms with Crippen molar-refractivity contribution in [1.82, 2.24) is 4.90 Å². The van der Waals surface area contributed by atoms with Crippen LogP contribution in [0.3, 0.4) is 0 Å². The summed E-state index contributed by atoms with van der Waals surface area (Å²) >= 11 is 0. The lowest BCUT2D eigenvalue weighted by Crippen LogP contribution is -2.44. The van der Waals surface area contributed by atoms with Gasteiger partial charge in [-0.1, -0.05) is 6.92 Å². The molecule has 0 bridgehead atoms. The van der Waals surface area contributed by atoms with Crippen molar-refractivity contribution in [3.05, 3.63) is 0 Å². The van der Waals surface area contributed by atoms with Crippen molar-refractivity contribution in [3.63, 3.8) is 0 Å². The first kappa shape index (κ1) is 9.47. The van der Waals surface area contributed by atoms with Crippen LogP contribution in [0.25, 0.3) is 0 Å². The number of likely N-dealkylation sites (tertiary alicyclic amines) is 1. The van der Waals surface area contributed by atoms with E-state index in [1.807, 2.05) is 0 Å². The Labute approximate surface area is 81.3 Å². The predicted molar refractivity (Wildman–Crippen MR) is 53.8 cm³/mol. The molecule has 1 atom stereocenters. The van der Waals surface area contributed by atoms with Gasteiger partial charge in [0.25, 0.3) is 0 Å². The highest BCUT2D eigenvalue weighted by molar-refractivity contribution is 4.79. The van der Waals surface area contributed by atoms with Crippen LogP contribution in [0.2, 0.25) is 0 Å². The van der Waals surface area contributed by atoms with Crippen molar-refractivity contribution in [2.45, 2.75) is 38.6 Å². The highest BCUT2D eigenvalue weighted by Crippen LogP contribution is 2.22. The molecule has 0 aromatic heterocycles. The van der Waals surface area contributed by atoms with E-state index < -0.39 is 0 Å². The van der Waals surface area contributed by atoms with Crippen molar-refractivity contribution in [2.75, 3.05) is 26.3 Å². The van der Waals surface area contributed by atoms with Gasteiger partial charge in [-0.2, -0.15) is 0 Å². The summed E-state index contributed by atoms with van der Waals surface area (Å²) in [6.45, 7) is 7.00. The molecular formula is C11H21NO. The van der Waals surface area contributed by atoms with Gasteiger partial charge in [0.1, 0.15) is 0 Å². The first-order valence-corrected chi connectivity index (χ1v) is 5.68. The maximum absolute atomic E-state index is 5.39. The summed E-state index contributed by atoms with van der Waals surface area (Å²) in [5.41, 5.74) is 0. The Bertz CT molecular complexity index is 154. The third-order valence-corrected chi connectivity index (χ3v) is 3.40. The average Bonchev–Trinajstić information content (AvgIpc) is 2.19. The molecule has 0 radical (unpaired) electrons. The van der Waals surface area contributed by atoms with Crippen LogP contribution >= 0.6 is 0 Å². The van der Waals surface area contributed by atoms with Gasteiger partial charge in [0, 0.05) is 25.8 Å². The van der Waals surface area contributed by atoms with Crippen LogP contribution in [0.5, 0.6) is 0 Å². The molecule has 2 aliphatic heterocycles. The van der Waals surface area contributed by atoms with Crippen molar-refractivity contribution >= 4 is 0 Å². The first-order valence-electron chi connectivity index (χ1n) is 5.68. The van der Waals surface area contributed by atoms with Gasteiger partial charge < -0.3 is 4.74 Å². The molecule has 2 heterocycles. The quantitative estimate of drug-likeness (QED) is 0.615. The van der Waals surface area contributed by atoms with Gasteiger partial charge in [-0.3, -0.25) is 4.90 Å². The molecule has 2 nitrogen and oxygen atoms in total. The Hall–Kier alpha value is -0.0800. The van der Waals surface area contributed by atoms with Crippen LogP contribution in [-0.4, -0.2) is 37.2 Å². The van der Waals surface area contributed by atoms with E-state index >= 15 is 0 Å². The average molecular weight is 183 g/mol. The standard InChI is InChI=1S/C11H21NO/c1-10-3-2-6-12(9-10)11-4-7-13-8-5-11/h10-11H,2-9H2,1H3. The van der Waals surface area contributed by atoms with Crippen LogP contribution in [0.15, 0.2) is 0 Å². The zero-order valence-corrected chi connectivity index (χ0v) is 8.67. The van der Waals surface area contributed by atoms with Crippen LogP contribution in [0, 0.1) is 5.92 Å². The van der Waals surface area contributed by atoms with Crippen LogP contribution in [0.4, 0.5) is 0 Å². The van der Waals surface area contributed by atoms with E-state index in [1.165, 1.54) is 38.8 Å². The molecule has 2 rings (SSSR count). The molecule has 0 aromatic rings. The fourth-order valence-electron chi connectivity index (χ4n) is 2.61. The molecule has 2 saturated heterocycles. The number of rotatable bonds is 1. The van der Waals surface area contributed by atoms with Gasteiger partial charge in [0.05, 0.1) is 0 Å². The molecule has 13 heavy (non-hydrogen) atoms. The minimum absolute atomic E-state index is 0.830. The molecule has 0 N–H and O–H groups in total. The van der Waals surface area contributed by atoms with Gasteiger partial charge in [-0.25, -0.2) is 0 Å². The second-order valence-electron chi connectivity index (χ2n) is 4.59. The topological polar surface area (TPSA) is 12.5 Å². The Morgan fingerprint density at radius 2 is 1.92 bits per heavy atom. The number of nitrogens with zero attached hydrogens (tertiary/aromatic N) is 1. The zero-order valence-electron chi connectivity index (χ0n) is 8.67. The van der Waals surface area contributed by atoms with Crippen molar-refractivity contribution in [2.24, 2.45) is 5.92 Å². The molecule has 0 spiro atoms. The highest BCUT2D eigenvalue weighted by atomic mass is 16.5. The molecule has 2 heteroatoms. The summed E-state index contributed by atoms with van der Waals surface area (Å²) in [4.78, 5) is 2.69. The van der Waals surface area contributed by atoms with E-state index in [1.54, 1.807) is 0 Å². The van der Waals surface area contributed by atoms with Gasteiger partial charge in [0.15, 0.2) is 0 Å². The SMILES string of the molecule is CC1CCCN(C2CCOCC2)C1. The monoisotopic (exact) mass is 183 g/mol. The smallest absolute Gasteiger partial charge is 0.0480 e. The van der Waals surface area contributed by atoms with Crippen LogP contribution in [-0.2, 0) is 4.74 Å². The minimum atomic E-state index is 0.830. The third kappa shape index (κ3) is 2.44. The molecule has 0 aromatic carbocycles. The Morgan fingerprint density at radius 3 is 2.62 bits per heavy atom. The summed E-state index contributed by atoms with van der Waals surface area (Å²) in [6, 6.07) is 0.830. The molecule has 0 amide bonds. The zero-order chi connectivity index (χ0) is 9.10. The molecule has 2 fully saturated rings. The maximum atomic E-state index is 5.39. The highest BCUT2D eigenvalue weighted by Gasteiger charge is 2.25. The van der Waals surface area contributed by atoms with E-state index in [4.69, 9.17) is 4.74 Å². The number of hydrogen-bond donors (Lipinski definition) is 0. The van der Waals surface area contributed by atoms with Crippen molar-refractivity contribution < 1.29 is 4.74 Å². The second-order valence-corrected chi connectivity index (χ2v) is 4.59. The lowest BCUT2D eigenvalue weighted by atomic mass is 9.96. The maximum Gasteiger partial charge on any atom is 0.0480 e. The normalized spacial score (nSPS) is 33.5. The van der Waals surface area contributed by atoms with Gasteiger partial charge in [0.2, 0.25) is 0 Å². The molecule has 2 aliphatic rings. The third-order valence-electron chi connectivity index (χ3n) is 3.40. The van der Waals surface area contributed by atoms with E-state index in [2.05, 4.69) is 11.8 Å². The van der Waals surface area contributed by atoms with Crippen LogP contribution < -0.4 is 0 Å². The summed E-state index contributed by atoms with van der Waals surface area (Å²) in [6.07, 6.45) is 5.34. The fourth-order valence-corrected chi connectivity index (χ4v) is 2.61. The lowest BCUT2D eigenvalue weighted by Gasteiger charge is -2.39. The lowest BCUT2D eigenvalue weighted by molar-refractivity contribution is 0.0195. The molecule has 0 saturated carbocycles. The summed E-state index contributed by atoms with van der Waals surface area (Å²) in [5, 5.41) is 0. The summed E-state index contributed by atoms with van der Waals surface area (Å²) in [5.74, 6) is 0.914. The van der Waals surface area contributed by atoms with Gasteiger partial charge >= 0.3 is 0 Å². The fraction of sp³-hybridized carbons (Fsp3) is 1.00. The summed E-state index contributed by atoms with van der Waals surface area (Å²) in [7, 11) is 0. The van der Waals surface area contributed by atoms with E-state index in [9.17, 15) is 0 Å². The van der Waals surface area contributed by atoms with Crippen LogP contribution in [0.1, 0.15) is 32.6 Å². The number of hydrogen-bond acceptors (Lipinski definition) is 2. The molecule has 0 aliphatic carbocycles. The van der Waals surface area contributed by atoms with Gasteiger partial charge in [-0.15, -0.1) is 0 Å². The Morgan fingerprint density at radius 1 is 1.15 bits per heavy atom. The number of ether oxygens (including phenoxy) is 1. The minimum Gasteiger partial charge on any atom is -0.381 e. The van der Waals surface area contributed by atoms with E-state index in [0.717, 1.165) is 25.2 Å². The second kappa shape index (κ2) is 4.43. The molecular weight excluding hydrogens is 162 g/mol. The van der Waals surface area contributed by atoms with Crippen molar-refractivity contribution in [3.8, 4) is 0 Å². The van der Waals surface area contributed by atoms with Crippen molar-refractivity contribution in [1.29, 1.82) is 0 Å². The predicted octanol–water partition coefficient (Wildman–Crippen LogP) is 1.90. The molecule has 1 unspecified atom stereocenters. The summed E-state index contributed by atoms with van der Waals surface area (Å²) < 4.78 is 5.39. The largest absolute Gasteiger partial charge is 0.381 e. The Kier molecular flexibility index (Phi) is 3.23. The Balaban J connectivity index is 1.83.